The number of esters is 2. The highest BCUT2D eigenvalue weighted by molar-refractivity contribution is 5.81. The van der Waals surface area contributed by atoms with Crippen LogP contribution in [-0.4, -0.2) is 31.0 Å². The van der Waals surface area contributed by atoms with Crippen LogP contribution in [0.2, 0.25) is 0 Å². The lowest BCUT2D eigenvalue weighted by atomic mass is 10.5. The van der Waals surface area contributed by atoms with Crippen molar-refractivity contribution >= 4 is 11.9 Å². The summed E-state index contributed by atoms with van der Waals surface area (Å²) in [7, 11) is 0. The Labute approximate surface area is 134 Å². The third-order valence-electron chi connectivity index (χ3n) is 2.82. The number of ether oxygens (including phenoxy) is 2. The minimum Gasteiger partial charge on any atom is -0.438 e. The van der Waals surface area contributed by atoms with Crippen LogP contribution in [0, 0.1) is 0 Å². The molecule has 1 N–H and O–H groups in total. The first kappa shape index (κ1) is 18.7. The topological polar surface area (TPSA) is 139 Å². The molecule has 2 unspecified atom stereocenters. The van der Waals surface area contributed by atoms with Gasteiger partial charge in [0.05, 0.1) is 0 Å². The van der Waals surface area contributed by atoms with Gasteiger partial charge in [-0.1, -0.05) is 17.9 Å². The van der Waals surface area contributed by atoms with Crippen molar-refractivity contribution in [2.24, 2.45) is 0 Å². The van der Waals surface area contributed by atoms with Crippen LogP contribution >= 0.6 is 0 Å². The zero-order chi connectivity index (χ0) is 18.6. The van der Waals surface area contributed by atoms with E-state index in [4.69, 9.17) is 9.47 Å². The summed E-state index contributed by atoms with van der Waals surface area (Å²) in [5.74, 6) is -1.88. The molecule has 130 valence electrons. The van der Waals surface area contributed by atoms with Crippen LogP contribution in [0.5, 0.6) is 0 Å². The highest BCUT2D eigenvalue weighted by Crippen LogP contribution is 2.04. The van der Waals surface area contributed by atoms with Crippen molar-refractivity contribution in [1.29, 1.82) is 0 Å². The van der Waals surface area contributed by atoms with Gasteiger partial charge in [0.15, 0.2) is 12.5 Å². The van der Waals surface area contributed by atoms with E-state index < -0.39 is 41.5 Å². The van der Waals surface area contributed by atoms with Crippen LogP contribution in [0.25, 0.3) is 0 Å². The first-order valence-electron chi connectivity index (χ1n) is 6.51. The molecular formula is C13H15N3O8. The van der Waals surface area contributed by atoms with E-state index in [1.54, 1.807) is 0 Å². The van der Waals surface area contributed by atoms with E-state index in [-0.39, 0.29) is 4.73 Å². The maximum atomic E-state index is 12.4. The second-order valence-electron chi connectivity index (χ2n) is 4.38. The summed E-state index contributed by atoms with van der Waals surface area (Å²) in [5.41, 5.74) is -4.13. The molecule has 0 aliphatic rings. The van der Waals surface area contributed by atoms with Gasteiger partial charge in [0.25, 0.3) is 0 Å². The second-order valence-corrected chi connectivity index (χ2v) is 4.38. The van der Waals surface area contributed by atoms with Gasteiger partial charge in [0, 0.05) is 12.2 Å². The first-order valence-corrected chi connectivity index (χ1v) is 6.51. The van der Waals surface area contributed by atoms with Crippen LogP contribution in [0.1, 0.15) is 26.3 Å². The van der Waals surface area contributed by atoms with Gasteiger partial charge in [-0.25, -0.2) is 33.1 Å². The van der Waals surface area contributed by atoms with E-state index in [2.05, 4.69) is 13.2 Å². The molecule has 1 heterocycles. The Morgan fingerprint density at radius 1 is 0.917 bits per heavy atom. The van der Waals surface area contributed by atoms with Crippen molar-refractivity contribution in [2.45, 2.75) is 26.3 Å². The molecule has 0 saturated carbocycles. The first-order chi connectivity index (χ1) is 11.1. The zero-order valence-electron chi connectivity index (χ0n) is 12.9. The van der Waals surface area contributed by atoms with E-state index in [1.165, 1.54) is 0 Å². The quantitative estimate of drug-likeness (QED) is 0.391. The van der Waals surface area contributed by atoms with Gasteiger partial charge >= 0.3 is 29.0 Å². The molecule has 11 nitrogen and oxygen atoms in total. The molecule has 2 atom stereocenters. The molecule has 0 bridgehead atoms. The van der Waals surface area contributed by atoms with Gasteiger partial charge in [-0.05, 0) is 13.8 Å². The smallest absolute Gasteiger partial charge is 0.372 e. The predicted molar refractivity (Wildman–Crippen MR) is 78.4 cm³/mol. The van der Waals surface area contributed by atoms with Crippen molar-refractivity contribution < 1.29 is 24.3 Å². The molecule has 0 amide bonds. The number of rotatable bonds is 6. The summed E-state index contributed by atoms with van der Waals surface area (Å²) in [6.45, 7) is 8.61. The Hall–Kier alpha value is -3.37. The van der Waals surface area contributed by atoms with Gasteiger partial charge in [0.2, 0.25) is 0 Å². The minimum absolute atomic E-state index is 0.293. The number of hydrogen-bond acceptors (Lipinski definition) is 8. The van der Waals surface area contributed by atoms with Crippen LogP contribution < -0.4 is 17.1 Å². The van der Waals surface area contributed by atoms with Gasteiger partial charge < -0.3 is 14.7 Å². The van der Waals surface area contributed by atoms with E-state index in [0.717, 1.165) is 26.0 Å². The molecule has 0 aliphatic carbocycles. The van der Waals surface area contributed by atoms with Crippen LogP contribution in [0.3, 0.4) is 0 Å². The molecular weight excluding hydrogens is 326 g/mol. The highest BCUT2D eigenvalue weighted by atomic mass is 16.6. The molecule has 0 saturated heterocycles. The number of hydrogen-bond donors (Lipinski definition) is 1. The summed E-state index contributed by atoms with van der Waals surface area (Å²) in [6, 6.07) is 0. The third kappa shape index (κ3) is 3.51. The van der Waals surface area contributed by atoms with Gasteiger partial charge in [-0.15, -0.1) is 0 Å². The molecule has 1 rings (SSSR count). The van der Waals surface area contributed by atoms with Crippen LogP contribution in [0.15, 0.2) is 39.7 Å². The molecule has 1 aromatic heterocycles. The Morgan fingerprint density at radius 3 is 1.54 bits per heavy atom. The summed E-state index contributed by atoms with van der Waals surface area (Å²) < 4.78 is 9.65. The summed E-state index contributed by atoms with van der Waals surface area (Å²) >= 11 is 0. The fourth-order valence-corrected chi connectivity index (χ4v) is 1.73. The monoisotopic (exact) mass is 341 g/mol. The Kier molecular flexibility index (Phi) is 5.65. The zero-order valence-corrected chi connectivity index (χ0v) is 12.9. The molecule has 1 aromatic rings. The summed E-state index contributed by atoms with van der Waals surface area (Å²) in [4.78, 5) is 58.5. The average Bonchev–Trinajstić information content (AvgIpc) is 2.52. The summed E-state index contributed by atoms with van der Waals surface area (Å²) in [6.07, 6.45) is -1.35. The third-order valence-corrected chi connectivity index (χ3v) is 2.82. The number of aromatic nitrogens is 3. The van der Waals surface area contributed by atoms with E-state index in [1.807, 2.05) is 0 Å². The largest absolute Gasteiger partial charge is 0.438 e. The number of nitrogens with zero attached hydrogens (tertiary/aromatic N) is 3. The Morgan fingerprint density at radius 2 is 1.25 bits per heavy atom. The predicted octanol–water partition coefficient (Wildman–Crippen LogP) is -1.10. The SMILES string of the molecule is C=CC(=O)OC(C)n1c(=O)n(O)c(=O)n(C(C)OC(=O)C=C)c1=O. The number of carbonyl (C=O) groups excluding carboxylic acids is 2. The summed E-state index contributed by atoms with van der Waals surface area (Å²) in [5, 5.41) is 9.56. The molecule has 0 aromatic carbocycles. The maximum Gasteiger partial charge on any atom is 0.372 e. The lowest BCUT2D eigenvalue weighted by Crippen LogP contribution is -2.56. The normalized spacial score (nSPS) is 12.8. The fourth-order valence-electron chi connectivity index (χ4n) is 1.73. The molecule has 11 heteroatoms. The molecule has 0 fully saturated rings. The van der Waals surface area contributed by atoms with Crippen LogP contribution in [-0.2, 0) is 19.1 Å². The van der Waals surface area contributed by atoms with Gasteiger partial charge in [-0.2, -0.15) is 0 Å². The Balaban J connectivity index is 3.56. The molecule has 0 aliphatic heterocycles. The van der Waals surface area contributed by atoms with Crippen LogP contribution in [0.4, 0.5) is 0 Å². The molecule has 24 heavy (non-hydrogen) atoms. The van der Waals surface area contributed by atoms with Crippen molar-refractivity contribution in [3.8, 4) is 0 Å². The van der Waals surface area contributed by atoms with E-state index >= 15 is 0 Å². The minimum atomic E-state index is -1.47. The van der Waals surface area contributed by atoms with E-state index in [0.29, 0.717) is 9.13 Å². The Bertz CT molecular complexity index is 793. The lowest BCUT2D eigenvalue weighted by molar-refractivity contribution is -0.148. The fraction of sp³-hybridized carbons (Fsp3) is 0.308. The van der Waals surface area contributed by atoms with E-state index in [9.17, 15) is 29.2 Å². The van der Waals surface area contributed by atoms with Gasteiger partial charge in [0.1, 0.15) is 0 Å². The number of carbonyl (C=O) groups is 2. The van der Waals surface area contributed by atoms with Crippen molar-refractivity contribution in [3.63, 3.8) is 0 Å². The van der Waals surface area contributed by atoms with Crippen molar-refractivity contribution in [3.05, 3.63) is 56.8 Å². The lowest BCUT2D eigenvalue weighted by Gasteiger charge is -2.19. The maximum absolute atomic E-state index is 12.4. The molecule has 0 radical (unpaired) electrons. The standard InChI is InChI=1S/C13H15N3O8/c1-5-9(17)23-7(3)14-11(19)15(8(4)24-10(18)6-2)13(21)16(22)12(14)20/h5-8,22H,1-2H2,3-4H3. The van der Waals surface area contributed by atoms with Crippen molar-refractivity contribution in [1.82, 2.24) is 13.9 Å². The highest BCUT2D eigenvalue weighted by Gasteiger charge is 2.24. The van der Waals surface area contributed by atoms with Gasteiger partial charge in [-0.3, -0.25) is 0 Å². The average molecular weight is 341 g/mol. The van der Waals surface area contributed by atoms with Crippen molar-refractivity contribution in [2.75, 3.05) is 0 Å². The second kappa shape index (κ2) is 7.26. The molecule has 0 spiro atoms.